The third-order valence-electron chi connectivity index (χ3n) is 3.58. The standard InChI is InChI=1S/C13H17N5/c1-9(14-8-13-15-17-18-16-13)11-6-5-10-3-2-4-12(10)7-11/h5-7,9,14H,2-4,8H2,1H3,(H,15,16,17,18). The predicted molar refractivity (Wildman–Crippen MR) is 67.9 cm³/mol. The maximum atomic E-state index is 3.93. The molecule has 1 atom stereocenters. The van der Waals surface area contributed by atoms with Crippen molar-refractivity contribution in [2.45, 2.75) is 38.8 Å². The molecule has 3 rings (SSSR count). The highest BCUT2D eigenvalue weighted by Crippen LogP contribution is 2.25. The minimum absolute atomic E-state index is 0.300. The summed E-state index contributed by atoms with van der Waals surface area (Å²) in [6.45, 7) is 2.80. The summed E-state index contributed by atoms with van der Waals surface area (Å²) in [5, 5.41) is 17.3. The van der Waals surface area contributed by atoms with E-state index in [4.69, 9.17) is 0 Å². The third-order valence-corrected chi connectivity index (χ3v) is 3.58. The van der Waals surface area contributed by atoms with Crippen LogP contribution in [-0.4, -0.2) is 20.6 Å². The van der Waals surface area contributed by atoms with Crippen LogP contribution in [0.2, 0.25) is 0 Å². The van der Waals surface area contributed by atoms with Gasteiger partial charge in [0.1, 0.15) is 0 Å². The van der Waals surface area contributed by atoms with Crippen molar-refractivity contribution in [1.29, 1.82) is 0 Å². The Morgan fingerprint density at radius 2 is 2.22 bits per heavy atom. The van der Waals surface area contributed by atoms with E-state index in [0.717, 1.165) is 0 Å². The highest BCUT2D eigenvalue weighted by molar-refractivity contribution is 5.36. The van der Waals surface area contributed by atoms with Crippen molar-refractivity contribution in [3.8, 4) is 0 Å². The summed E-state index contributed by atoms with van der Waals surface area (Å²) < 4.78 is 0. The first-order chi connectivity index (χ1) is 8.83. The van der Waals surface area contributed by atoms with E-state index in [-0.39, 0.29) is 0 Å². The van der Waals surface area contributed by atoms with Gasteiger partial charge in [-0.15, -0.1) is 10.2 Å². The molecule has 0 radical (unpaired) electrons. The van der Waals surface area contributed by atoms with Gasteiger partial charge in [-0.1, -0.05) is 23.4 Å². The highest BCUT2D eigenvalue weighted by atomic mass is 15.5. The van der Waals surface area contributed by atoms with Gasteiger partial charge in [0.25, 0.3) is 0 Å². The quantitative estimate of drug-likeness (QED) is 0.854. The molecule has 18 heavy (non-hydrogen) atoms. The molecular formula is C13H17N5. The zero-order valence-corrected chi connectivity index (χ0v) is 10.5. The van der Waals surface area contributed by atoms with E-state index < -0.39 is 0 Å². The first-order valence-electron chi connectivity index (χ1n) is 6.40. The van der Waals surface area contributed by atoms with Crippen molar-refractivity contribution < 1.29 is 0 Å². The lowest BCUT2D eigenvalue weighted by molar-refractivity contribution is 0.559. The number of hydrogen-bond donors (Lipinski definition) is 2. The Kier molecular flexibility index (Phi) is 3.06. The lowest BCUT2D eigenvalue weighted by Crippen LogP contribution is -2.19. The molecular weight excluding hydrogens is 226 g/mol. The van der Waals surface area contributed by atoms with Crippen molar-refractivity contribution >= 4 is 0 Å². The number of aromatic amines is 1. The van der Waals surface area contributed by atoms with E-state index in [0.29, 0.717) is 18.4 Å². The summed E-state index contributed by atoms with van der Waals surface area (Å²) in [4.78, 5) is 0. The molecule has 0 spiro atoms. The van der Waals surface area contributed by atoms with Gasteiger partial charge in [-0.05, 0) is 42.9 Å². The SMILES string of the molecule is CC(NCc1nn[nH]n1)c1ccc2c(c1)CCC2. The molecule has 0 saturated heterocycles. The van der Waals surface area contributed by atoms with Crippen LogP contribution in [0.4, 0.5) is 0 Å². The first kappa shape index (κ1) is 11.3. The second-order valence-corrected chi connectivity index (χ2v) is 4.81. The van der Waals surface area contributed by atoms with Crippen LogP contribution in [0, 0.1) is 0 Å². The van der Waals surface area contributed by atoms with E-state index in [1.165, 1.54) is 36.0 Å². The summed E-state index contributed by atoms with van der Waals surface area (Å²) in [5.41, 5.74) is 4.36. The summed E-state index contributed by atoms with van der Waals surface area (Å²) >= 11 is 0. The Bertz CT molecular complexity index is 520. The lowest BCUT2D eigenvalue weighted by Gasteiger charge is -2.14. The fourth-order valence-corrected chi connectivity index (χ4v) is 2.48. The summed E-state index contributed by atoms with van der Waals surface area (Å²) in [6.07, 6.45) is 3.75. The van der Waals surface area contributed by atoms with Gasteiger partial charge in [0, 0.05) is 6.04 Å². The van der Waals surface area contributed by atoms with Gasteiger partial charge >= 0.3 is 0 Å². The number of H-pyrrole nitrogens is 1. The van der Waals surface area contributed by atoms with Crippen molar-refractivity contribution in [1.82, 2.24) is 25.9 Å². The van der Waals surface area contributed by atoms with Crippen molar-refractivity contribution in [3.05, 3.63) is 40.7 Å². The number of aryl methyl sites for hydroxylation is 2. The normalized spacial score (nSPS) is 15.6. The van der Waals surface area contributed by atoms with Gasteiger partial charge in [0.2, 0.25) is 0 Å². The monoisotopic (exact) mass is 243 g/mol. The largest absolute Gasteiger partial charge is 0.303 e. The number of nitrogens with zero attached hydrogens (tertiary/aromatic N) is 3. The number of tetrazole rings is 1. The third kappa shape index (κ3) is 2.26. The fourth-order valence-electron chi connectivity index (χ4n) is 2.48. The number of nitrogens with one attached hydrogen (secondary N) is 2. The second-order valence-electron chi connectivity index (χ2n) is 4.81. The molecule has 1 heterocycles. The Morgan fingerprint density at radius 1 is 1.33 bits per heavy atom. The molecule has 1 aliphatic carbocycles. The molecule has 0 aliphatic heterocycles. The molecule has 0 amide bonds. The van der Waals surface area contributed by atoms with E-state index >= 15 is 0 Å². The molecule has 1 aliphatic rings. The Balaban J connectivity index is 1.67. The van der Waals surface area contributed by atoms with Crippen LogP contribution in [0.5, 0.6) is 0 Å². The summed E-state index contributed by atoms with van der Waals surface area (Å²) in [5.74, 6) is 0.697. The summed E-state index contributed by atoms with van der Waals surface area (Å²) in [7, 11) is 0. The molecule has 2 N–H and O–H groups in total. The molecule has 0 bridgehead atoms. The minimum Gasteiger partial charge on any atom is -0.303 e. The zero-order chi connectivity index (χ0) is 12.4. The molecule has 5 nitrogen and oxygen atoms in total. The van der Waals surface area contributed by atoms with Crippen molar-refractivity contribution in [3.63, 3.8) is 0 Å². The predicted octanol–water partition coefficient (Wildman–Crippen LogP) is 1.54. The van der Waals surface area contributed by atoms with Crippen LogP contribution >= 0.6 is 0 Å². The number of hydrogen-bond acceptors (Lipinski definition) is 4. The smallest absolute Gasteiger partial charge is 0.188 e. The van der Waals surface area contributed by atoms with Gasteiger partial charge in [-0.25, -0.2) is 0 Å². The second kappa shape index (κ2) is 4.86. The minimum atomic E-state index is 0.300. The Hall–Kier alpha value is -1.75. The highest BCUT2D eigenvalue weighted by Gasteiger charge is 2.13. The molecule has 1 aromatic carbocycles. The van der Waals surface area contributed by atoms with E-state index in [2.05, 4.69) is 51.1 Å². The van der Waals surface area contributed by atoms with Crippen LogP contribution in [0.15, 0.2) is 18.2 Å². The van der Waals surface area contributed by atoms with Gasteiger partial charge in [-0.3, -0.25) is 0 Å². The molecule has 94 valence electrons. The Morgan fingerprint density at radius 3 is 3.06 bits per heavy atom. The van der Waals surface area contributed by atoms with Crippen molar-refractivity contribution in [2.75, 3.05) is 0 Å². The van der Waals surface area contributed by atoms with Gasteiger partial charge < -0.3 is 5.32 Å². The van der Waals surface area contributed by atoms with Gasteiger partial charge in [0.15, 0.2) is 5.82 Å². The lowest BCUT2D eigenvalue weighted by atomic mass is 10.0. The van der Waals surface area contributed by atoms with Gasteiger partial charge in [-0.2, -0.15) is 5.21 Å². The van der Waals surface area contributed by atoms with Crippen LogP contribution in [-0.2, 0) is 19.4 Å². The molecule has 0 fully saturated rings. The topological polar surface area (TPSA) is 66.5 Å². The van der Waals surface area contributed by atoms with E-state index in [1.54, 1.807) is 0 Å². The van der Waals surface area contributed by atoms with Crippen LogP contribution in [0.3, 0.4) is 0 Å². The first-order valence-corrected chi connectivity index (χ1v) is 6.40. The fraction of sp³-hybridized carbons (Fsp3) is 0.462. The van der Waals surface area contributed by atoms with Crippen LogP contribution in [0.1, 0.15) is 41.9 Å². The number of rotatable bonds is 4. The number of benzene rings is 1. The van der Waals surface area contributed by atoms with Crippen molar-refractivity contribution in [2.24, 2.45) is 0 Å². The maximum Gasteiger partial charge on any atom is 0.188 e. The van der Waals surface area contributed by atoms with Crippen LogP contribution < -0.4 is 5.32 Å². The van der Waals surface area contributed by atoms with Gasteiger partial charge in [0.05, 0.1) is 6.54 Å². The average molecular weight is 243 g/mol. The molecule has 1 aromatic heterocycles. The summed E-state index contributed by atoms with van der Waals surface area (Å²) in [6, 6.07) is 7.12. The number of fused-ring (bicyclic) bond motifs is 1. The molecule has 5 heteroatoms. The Labute approximate surface area is 106 Å². The maximum absolute atomic E-state index is 3.93. The zero-order valence-electron chi connectivity index (χ0n) is 10.5. The van der Waals surface area contributed by atoms with E-state index in [9.17, 15) is 0 Å². The molecule has 2 aromatic rings. The molecule has 1 unspecified atom stereocenters. The average Bonchev–Trinajstić information content (AvgIpc) is 3.05. The van der Waals surface area contributed by atoms with E-state index in [1.807, 2.05) is 0 Å². The number of aromatic nitrogens is 4. The molecule has 0 saturated carbocycles. The van der Waals surface area contributed by atoms with Crippen LogP contribution in [0.25, 0.3) is 0 Å².